The van der Waals surface area contributed by atoms with Crippen LogP contribution in [0.1, 0.15) is 25.7 Å². The number of nitrogens with one attached hydrogen (secondary N) is 1. The van der Waals surface area contributed by atoms with Crippen LogP contribution in [0.2, 0.25) is 0 Å². The molecule has 16 heavy (non-hydrogen) atoms. The van der Waals surface area contributed by atoms with Gasteiger partial charge in [-0.2, -0.15) is 0 Å². The molecule has 1 atom stereocenters. The van der Waals surface area contributed by atoms with Gasteiger partial charge in [0.1, 0.15) is 0 Å². The van der Waals surface area contributed by atoms with Crippen molar-refractivity contribution in [3.63, 3.8) is 0 Å². The van der Waals surface area contributed by atoms with Crippen LogP contribution in [-0.2, 0) is 14.3 Å². The number of nitrogens with zero attached hydrogens (tertiary/aromatic N) is 1. The van der Waals surface area contributed by atoms with Gasteiger partial charge in [0.05, 0.1) is 12.6 Å². The van der Waals surface area contributed by atoms with E-state index in [1.807, 2.05) is 0 Å². The van der Waals surface area contributed by atoms with Crippen LogP contribution in [0, 0.1) is 0 Å². The third-order valence-electron chi connectivity index (χ3n) is 3.06. The molecule has 5 heteroatoms. The summed E-state index contributed by atoms with van der Waals surface area (Å²) >= 11 is 0. The molecule has 0 aliphatic carbocycles. The van der Waals surface area contributed by atoms with Crippen LogP contribution in [0.25, 0.3) is 0 Å². The number of amides is 2. The van der Waals surface area contributed by atoms with Crippen LogP contribution in [0.3, 0.4) is 0 Å². The minimum Gasteiger partial charge on any atom is -0.376 e. The molecule has 0 unspecified atom stereocenters. The van der Waals surface area contributed by atoms with E-state index in [1.54, 1.807) is 4.90 Å². The van der Waals surface area contributed by atoms with Crippen LogP contribution >= 0.6 is 0 Å². The largest absolute Gasteiger partial charge is 0.376 e. The number of hydrogen-bond donors (Lipinski definition) is 1. The Bertz CT molecular complexity index is 274. The highest BCUT2D eigenvalue weighted by Gasteiger charge is 2.23. The third kappa shape index (κ3) is 2.95. The van der Waals surface area contributed by atoms with Gasteiger partial charge in [0.25, 0.3) is 0 Å². The Kier molecular flexibility index (Phi) is 3.77. The van der Waals surface area contributed by atoms with Gasteiger partial charge in [-0.25, -0.2) is 0 Å². The van der Waals surface area contributed by atoms with Crippen molar-refractivity contribution in [3.8, 4) is 0 Å². The molecule has 1 N–H and O–H groups in total. The quantitative estimate of drug-likeness (QED) is 0.728. The summed E-state index contributed by atoms with van der Waals surface area (Å²) in [4.78, 5) is 24.4. The average Bonchev–Trinajstić information content (AvgIpc) is 2.88. The van der Waals surface area contributed by atoms with E-state index in [1.165, 1.54) is 0 Å². The highest BCUT2D eigenvalue weighted by atomic mass is 16.5. The van der Waals surface area contributed by atoms with Gasteiger partial charge in [-0.3, -0.25) is 9.59 Å². The average molecular weight is 226 g/mol. The molecule has 0 spiro atoms. The Hall–Kier alpha value is -1.10. The zero-order valence-electron chi connectivity index (χ0n) is 9.41. The first-order valence-corrected chi connectivity index (χ1v) is 5.92. The maximum Gasteiger partial charge on any atom is 0.239 e. The molecule has 0 saturated carbocycles. The maximum atomic E-state index is 11.5. The smallest absolute Gasteiger partial charge is 0.239 e. The van der Waals surface area contributed by atoms with E-state index < -0.39 is 0 Å². The Labute approximate surface area is 95.1 Å². The molecule has 2 aliphatic rings. The second kappa shape index (κ2) is 5.30. The first-order chi connectivity index (χ1) is 7.75. The molecule has 90 valence electrons. The number of likely N-dealkylation sites (tertiary alicyclic amines) is 1. The second-order valence-electron chi connectivity index (χ2n) is 4.36. The number of carbonyl (C=O) groups excluding carboxylic acids is 2. The Morgan fingerprint density at radius 3 is 3.00 bits per heavy atom. The van der Waals surface area contributed by atoms with Gasteiger partial charge >= 0.3 is 0 Å². The van der Waals surface area contributed by atoms with Crippen molar-refractivity contribution in [2.24, 2.45) is 0 Å². The SMILES string of the molecule is O=C(CN1CCCC1=O)NC[C@H]1CCCO1. The van der Waals surface area contributed by atoms with Gasteiger partial charge in [0.15, 0.2) is 0 Å². The summed E-state index contributed by atoms with van der Waals surface area (Å²) < 4.78 is 5.40. The van der Waals surface area contributed by atoms with Crippen molar-refractivity contribution in [3.05, 3.63) is 0 Å². The molecular formula is C11H18N2O3. The highest BCUT2D eigenvalue weighted by Crippen LogP contribution is 2.11. The first-order valence-electron chi connectivity index (χ1n) is 5.92. The molecule has 0 bridgehead atoms. The molecule has 2 heterocycles. The van der Waals surface area contributed by atoms with Crippen LogP contribution < -0.4 is 5.32 Å². The van der Waals surface area contributed by atoms with Gasteiger partial charge in [0, 0.05) is 26.1 Å². The summed E-state index contributed by atoms with van der Waals surface area (Å²) in [6, 6.07) is 0. The van der Waals surface area contributed by atoms with Crippen LogP contribution in [0.4, 0.5) is 0 Å². The molecule has 0 aromatic heterocycles. The monoisotopic (exact) mass is 226 g/mol. The van der Waals surface area contributed by atoms with Crippen molar-refractivity contribution in [1.29, 1.82) is 0 Å². The molecule has 0 aromatic carbocycles. The normalized spacial score (nSPS) is 25.1. The van der Waals surface area contributed by atoms with Crippen molar-refractivity contribution in [2.75, 3.05) is 26.2 Å². The van der Waals surface area contributed by atoms with E-state index in [0.717, 1.165) is 25.9 Å². The van der Waals surface area contributed by atoms with E-state index in [-0.39, 0.29) is 24.5 Å². The molecule has 2 fully saturated rings. The first kappa shape index (κ1) is 11.4. The number of rotatable bonds is 4. The van der Waals surface area contributed by atoms with Gasteiger partial charge in [0.2, 0.25) is 11.8 Å². The zero-order valence-corrected chi connectivity index (χ0v) is 9.41. The number of carbonyl (C=O) groups is 2. The van der Waals surface area contributed by atoms with Gasteiger partial charge < -0.3 is 15.0 Å². The molecule has 0 radical (unpaired) electrons. The zero-order chi connectivity index (χ0) is 11.4. The number of ether oxygens (including phenoxy) is 1. The molecule has 2 rings (SSSR count). The Balaban J connectivity index is 1.65. The van der Waals surface area contributed by atoms with Crippen LogP contribution in [-0.4, -0.2) is 49.1 Å². The molecule has 2 saturated heterocycles. The van der Waals surface area contributed by atoms with E-state index in [9.17, 15) is 9.59 Å². The summed E-state index contributed by atoms with van der Waals surface area (Å²) in [5.74, 6) is 0.0121. The lowest BCUT2D eigenvalue weighted by Crippen LogP contribution is -2.40. The fraction of sp³-hybridized carbons (Fsp3) is 0.818. The van der Waals surface area contributed by atoms with E-state index in [0.29, 0.717) is 19.5 Å². The Morgan fingerprint density at radius 2 is 2.38 bits per heavy atom. The Morgan fingerprint density at radius 1 is 1.50 bits per heavy atom. The third-order valence-corrected chi connectivity index (χ3v) is 3.06. The lowest BCUT2D eigenvalue weighted by molar-refractivity contribution is -0.133. The summed E-state index contributed by atoms with van der Waals surface area (Å²) in [6.45, 7) is 2.28. The van der Waals surface area contributed by atoms with Crippen molar-refractivity contribution < 1.29 is 14.3 Å². The summed E-state index contributed by atoms with van der Waals surface area (Å²) in [5.41, 5.74) is 0. The molecule has 2 aliphatic heterocycles. The number of hydrogen-bond acceptors (Lipinski definition) is 3. The fourth-order valence-electron chi connectivity index (χ4n) is 2.13. The van der Waals surface area contributed by atoms with E-state index in [4.69, 9.17) is 4.74 Å². The van der Waals surface area contributed by atoms with E-state index in [2.05, 4.69) is 5.32 Å². The molecule has 5 nitrogen and oxygen atoms in total. The predicted molar refractivity (Wildman–Crippen MR) is 57.8 cm³/mol. The summed E-state index contributed by atoms with van der Waals surface area (Å²) in [5, 5.41) is 2.81. The maximum absolute atomic E-state index is 11.5. The summed E-state index contributed by atoms with van der Waals surface area (Å²) in [6.07, 6.45) is 3.71. The lowest BCUT2D eigenvalue weighted by Gasteiger charge is -2.16. The van der Waals surface area contributed by atoms with Gasteiger partial charge in [-0.15, -0.1) is 0 Å². The lowest BCUT2D eigenvalue weighted by atomic mass is 10.2. The molecular weight excluding hydrogens is 208 g/mol. The minimum atomic E-state index is -0.0780. The van der Waals surface area contributed by atoms with Gasteiger partial charge in [-0.05, 0) is 19.3 Å². The molecule has 0 aromatic rings. The highest BCUT2D eigenvalue weighted by molar-refractivity contribution is 5.85. The van der Waals surface area contributed by atoms with Crippen molar-refractivity contribution in [1.82, 2.24) is 10.2 Å². The van der Waals surface area contributed by atoms with Gasteiger partial charge in [-0.1, -0.05) is 0 Å². The standard InChI is InChI=1S/C11H18N2O3/c14-10(8-13-5-1-4-11(13)15)12-7-9-3-2-6-16-9/h9H,1-8H2,(H,12,14)/t9-/m1/s1. The van der Waals surface area contributed by atoms with Crippen LogP contribution in [0.5, 0.6) is 0 Å². The van der Waals surface area contributed by atoms with E-state index >= 15 is 0 Å². The topological polar surface area (TPSA) is 58.6 Å². The van der Waals surface area contributed by atoms with Crippen molar-refractivity contribution in [2.45, 2.75) is 31.8 Å². The summed E-state index contributed by atoms with van der Waals surface area (Å²) in [7, 11) is 0. The second-order valence-corrected chi connectivity index (χ2v) is 4.36. The molecule has 2 amide bonds. The predicted octanol–water partition coefficient (Wildman–Crippen LogP) is -0.0960. The fourth-order valence-corrected chi connectivity index (χ4v) is 2.13. The minimum absolute atomic E-state index is 0.0780. The van der Waals surface area contributed by atoms with Crippen LogP contribution in [0.15, 0.2) is 0 Å². The van der Waals surface area contributed by atoms with Crippen molar-refractivity contribution >= 4 is 11.8 Å².